The second-order valence-corrected chi connectivity index (χ2v) is 5.92. The van der Waals surface area contributed by atoms with Gasteiger partial charge in [-0.25, -0.2) is 0 Å². The van der Waals surface area contributed by atoms with Crippen LogP contribution in [0, 0.1) is 28.6 Å². The lowest BCUT2D eigenvalue weighted by Gasteiger charge is -2.44. The average molecular weight is 250 g/mol. The Balaban J connectivity index is 1.98. The second kappa shape index (κ2) is 5.27. The normalized spacial score (nSPS) is 35.7. The monoisotopic (exact) mass is 250 g/mol. The fraction of sp³-hybridized carbons (Fsp3) is 0.857. The number of hydrogen-bond donors (Lipinski definition) is 0. The molecule has 0 aromatic carbocycles. The van der Waals surface area contributed by atoms with Gasteiger partial charge in [0.05, 0.1) is 12.7 Å². The summed E-state index contributed by atoms with van der Waals surface area (Å²) in [5.41, 5.74) is -0.714. The van der Waals surface area contributed by atoms with Gasteiger partial charge in [-0.1, -0.05) is 6.92 Å². The molecule has 1 aliphatic heterocycles. The summed E-state index contributed by atoms with van der Waals surface area (Å²) in [7, 11) is 1.70. The number of methoxy groups -OCH3 is 1. The molecule has 1 amide bonds. The number of hydrogen-bond acceptors (Lipinski definition) is 3. The Hall–Kier alpha value is -1.08. The quantitative estimate of drug-likeness (QED) is 0.767. The molecule has 1 unspecified atom stereocenters. The van der Waals surface area contributed by atoms with E-state index in [1.807, 2.05) is 4.90 Å². The highest BCUT2D eigenvalue weighted by molar-refractivity contribution is 5.86. The summed E-state index contributed by atoms with van der Waals surface area (Å²) in [5.74, 6) is 0.998. The Bertz CT molecular complexity index is 353. The number of carbonyl (C=O) groups excluding carboxylic acids is 1. The van der Waals surface area contributed by atoms with E-state index in [1.54, 1.807) is 7.11 Å². The molecule has 4 nitrogen and oxygen atoms in total. The van der Waals surface area contributed by atoms with Crippen LogP contribution in [0.25, 0.3) is 0 Å². The van der Waals surface area contributed by atoms with Crippen molar-refractivity contribution in [3.8, 4) is 6.07 Å². The molecule has 1 heterocycles. The first-order chi connectivity index (χ1) is 8.61. The minimum absolute atomic E-state index is 0.0592. The van der Waals surface area contributed by atoms with Crippen LogP contribution >= 0.6 is 0 Å². The molecule has 0 aromatic heterocycles. The molecule has 1 atom stereocenters. The molecule has 0 aromatic rings. The van der Waals surface area contributed by atoms with Crippen molar-refractivity contribution in [2.45, 2.75) is 32.6 Å². The third-order valence-electron chi connectivity index (χ3n) is 4.23. The smallest absolute Gasteiger partial charge is 0.243 e. The van der Waals surface area contributed by atoms with E-state index in [-0.39, 0.29) is 5.91 Å². The van der Waals surface area contributed by atoms with Gasteiger partial charge in [0, 0.05) is 20.2 Å². The molecule has 0 bridgehead atoms. The van der Waals surface area contributed by atoms with Crippen molar-refractivity contribution in [2.75, 3.05) is 26.8 Å². The molecule has 1 saturated heterocycles. The van der Waals surface area contributed by atoms with E-state index in [2.05, 4.69) is 13.0 Å². The Morgan fingerprint density at radius 2 is 2.28 bits per heavy atom. The van der Waals surface area contributed by atoms with E-state index < -0.39 is 5.41 Å². The fourth-order valence-electron chi connectivity index (χ4n) is 3.37. The molecule has 2 rings (SSSR count). The lowest BCUT2D eigenvalue weighted by atomic mass is 9.62. The Kier molecular flexibility index (Phi) is 3.91. The number of likely N-dealkylation sites (tertiary alicyclic amines) is 1. The van der Waals surface area contributed by atoms with Gasteiger partial charge in [0.2, 0.25) is 5.91 Å². The van der Waals surface area contributed by atoms with Crippen LogP contribution in [0.3, 0.4) is 0 Å². The summed E-state index contributed by atoms with van der Waals surface area (Å²) in [6.07, 6.45) is 3.60. The molecular formula is C14H22N2O2. The van der Waals surface area contributed by atoms with Crippen molar-refractivity contribution in [3.05, 3.63) is 0 Å². The first kappa shape index (κ1) is 13.4. The highest BCUT2D eigenvalue weighted by atomic mass is 16.5. The molecule has 18 heavy (non-hydrogen) atoms. The van der Waals surface area contributed by atoms with Crippen molar-refractivity contribution in [1.29, 1.82) is 5.26 Å². The maximum atomic E-state index is 12.5. The first-order valence-corrected chi connectivity index (χ1v) is 6.81. The highest BCUT2D eigenvalue weighted by Crippen LogP contribution is 2.46. The second-order valence-electron chi connectivity index (χ2n) is 5.92. The summed E-state index contributed by atoms with van der Waals surface area (Å²) in [4.78, 5) is 14.4. The lowest BCUT2D eigenvalue weighted by Crippen LogP contribution is -2.52. The van der Waals surface area contributed by atoms with Crippen LogP contribution in [0.4, 0.5) is 0 Å². The molecule has 0 radical (unpaired) electrons. The van der Waals surface area contributed by atoms with Crippen LogP contribution in [-0.4, -0.2) is 37.6 Å². The lowest BCUT2D eigenvalue weighted by molar-refractivity contribution is -0.147. The van der Waals surface area contributed by atoms with Crippen molar-refractivity contribution in [2.24, 2.45) is 17.3 Å². The van der Waals surface area contributed by atoms with Gasteiger partial charge in [-0.15, -0.1) is 0 Å². The van der Waals surface area contributed by atoms with Gasteiger partial charge in [-0.2, -0.15) is 5.26 Å². The first-order valence-electron chi connectivity index (χ1n) is 6.81. The summed E-state index contributed by atoms with van der Waals surface area (Å²) < 4.78 is 5.18. The molecule has 0 N–H and O–H groups in total. The van der Waals surface area contributed by atoms with Crippen LogP contribution in [0.1, 0.15) is 32.6 Å². The number of rotatable bonds is 3. The number of piperidine rings is 1. The third kappa shape index (κ3) is 2.37. The van der Waals surface area contributed by atoms with E-state index >= 15 is 0 Å². The van der Waals surface area contributed by atoms with Gasteiger partial charge in [-0.05, 0) is 37.5 Å². The van der Waals surface area contributed by atoms with Gasteiger partial charge in [0.25, 0.3) is 0 Å². The van der Waals surface area contributed by atoms with Crippen LogP contribution in [-0.2, 0) is 9.53 Å². The molecule has 2 fully saturated rings. The van der Waals surface area contributed by atoms with Crippen LogP contribution in [0.15, 0.2) is 0 Å². The van der Waals surface area contributed by atoms with E-state index in [4.69, 9.17) is 4.74 Å². The largest absolute Gasteiger partial charge is 0.384 e. The van der Waals surface area contributed by atoms with E-state index in [0.29, 0.717) is 18.4 Å². The number of nitriles is 1. The molecule has 4 heteroatoms. The van der Waals surface area contributed by atoms with Crippen LogP contribution < -0.4 is 0 Å². The number of nitrogens with zero attached hydrogens (tertiary/aromatic N) is 2. The summed E-state index contributed by atoms with van der Waals surface area (Å²) >= 11 is 0. The van der Waals surface area contributed by atoms with Crippen molar-refractivity contribution in [3.63, 3.8) is 0 Å². The molecule has 100 valence electrons. The van der Waals surface area contributed by atoms with E-state index in [1.165, 1.54) is 0 Å². The number of amides is 1. The fourth-order valence-corrected chi connectivity index (χ4v) is 3.37. The maximum absolute atomic E-state index is 12.5. The predicted octanol–water partition coefficient (Wildman–Crippen LogP) is 1.81. The molecule has 0 spiro atoms. The topological polar surface area (TPSA) is 53.3 Å². The van der Waals surface area contributed by atoms with Gasteiger partial charge in [-0.3, -0.25) is 4.79 Å². The van der Waals surface area contributed by atoms with Gasteiger partial charge < -0.3 is 9.64 Å². The zero-order chi connectivity index (χ0) is 13.2. The molecule has 1 aliphatic carbocycles. The maximum Gasteiger partial charge on any atom is 0.243 e. The standard InChI is InChI=1S/C14H22N2O2/c1-11-6-14(7-11,10-15)13(17)16-5-3-4-12(8-16)9-18-2/h11-12H,3-9H2,1-2H3. The summed E-state index contributed by atoms with van der Waals surface area (Å²) in [6, 6.07) is 2.27. The van der Waals surface area contributed by atoms with Gasteiger partial charge >= 0.3 is 0 Å². The Morgan fingerprint density at radius 3 is 2.83 bits per heavy atom. The van der Waals surface area contributed by atoms with Gasteiger partial charge in [0.15, 0.2) is 0 Å². The van der Waals surface area contributed by atoms with Crippen LogP contribution in [0.5, 0.6) is 0 Å². The van der Waals surface area contributed by atoms with Crippen molar-refractivity contribution in [1.82, 2.24) is 4.90 Å². The van der Waals surface area contributed by atoms with E-state index in [9.17, 15) is 10.1 Å². The third-order valence-corrected chi connectivity index (χ3v) is 4.23. The SMILES string of the molecule is COCC1CCCN(C(=O)C2(C#N)CC(C)C2)C1. The summed E-state index contributed by atoms with van der Waals surface area (Å²) in [5, 5.41) is 9.30. The number of carbonyl (C=O) groups is 1. The minimum atomic E-state index is -0.714. The molecular weight excluding hydrogens is 228 g/mol. The zero-order valence-corrected chi connectivity index (χ0v) is 11.3. The van der Waals surface area contributed by atoms with Crippen molar-refractivity contribution < 1.29 is 9.53 Å². The van der Waals surface area contributed by atoms with Gasteiger partial charge in [0.1, 0.15) is 5.41 Å². The van der Waals surface area contributed by atoms with E-state index in [0.717, 1.165) is 38.8 Å². The Morgan fingerprint density at radius 1 is 1.56 bits per heavy atom. The zero-order valence-electron chi connectivity index (χ0n) is 11.3. The predicted molar refractivity (Wildman–Crippen MR) is 67.6 cm³/mol. The highest BCUT2D eigenvalue weighted by Gasteiger charge is 2.51. The average Bonchev–Trinajstić information content (AvgIpc) is 2.35. The molecule has 1 saturated carbocycles. The Labute approximate surface area is 109 Å². The van der Waals surface area contributed by atoms with Crippen molar-refractivity contribution >= 4 is 5.91 Å². The summed E-state index contributed by atoms with van der Waals surface area (Å²) in [6.45, 7) is 4.37. The van der Waals surface area contributed by atoms with Crippen LogP contribution in [0.2, 0.25) is 0 Å². The molecule has 2 aliphatic rings. The minimum Gasteiger partial charge on any atom is -0.384 e. The number of ether oxygens (including phenoxy) is 1.